The summed E-state index contributed by atoms with van der Waals surface area (Å²) in [7, 11) is 0. The summed E-state index contributed by atoms with van der Waals surface area (Å²) in [5.41, 5.74) is 3.01. The zero-order chi connectivity index (χ0) is 15.9. The number of rotatable bonds is 3. The van der Waals surface area contributed by atoms with Crippen LogP contribution in [0.15, 0.2) is 24.5 Å². The van der Waals surface area contributed by atoms with Gasteiger partial charge in [-0.3, -0.25) is 9.78 Å². The second-order valence-corrected chi connectivity index (χ2v) is 5.93. The fraction of sp³-hybridized carbons (Fsp3) is 0.412. The highest BCUT2D eigenvalue weighted by atomic mass is 16.5. The SMILES string of the molecule is CCN(CC)C(=O)c1cc2c([nH]1)-c1ccncc1OC2(C)C. The van der Waals surface area contributed by atoms with E-state index in [9.17, 15) is 4.79 Å². The summed E-state index contributed by atoms with van der Waals surface area (Å²) in [5, 5.41) is 0. The van der Waals surface area contributed by atoms with Crippen molar-refractivity contribution < 1.29 is 9.53 Å². The monoisotopic (exact) mass is 299 g/mol. The van der Waals surface area contributed by atoms with Gasteiger partial charge in [-0.2, -0.15) is 0 Å². The molecule has 22 heavy (non-hydrogen) atoms. The van der Waals surface area contributed by atoms with Gasteiger partial charge >= 0.3 is 0 Å². The zero-order valence-corrected chi connectivity index (χ0v) is 13.4. The van der Waals surface area contributed by atoms with Crippen LogP contribution in [0.4, 0.5) is 0 Å². The van der Waals surface area contributed by atoms with E-state index in [4.69, 9.17) is 4.74 Å². The Bertz CT molecular complexity index is 714. The van der Waals surface area contributed by atoms with Gasteiger partial charge in [-0.15, -0.1) is 0 Å². The average molecular weight is 299 g/mol. The van der Waals surface area contributed by atoms with Crippen LogP contribution in [0, 0.1) is 0 Å². The molecule has 0 saturated heterocycles. The number of pyridine rings is 1. The molecule has 0 bridgehead atoms. The van der Waals surface area contributed by atoms with Gasteiger partial charge in [-0.1, -0.05) is 0 Å². The molecule has 0 unspecified atom stereocenters. The van der Waals surface area contributed by atoms with E-state index in [0.29, 0.717) is 18.8 Å². The van der Waals surface area contributed by atoms with E-state index in [1.54, 1.807) is 17.3 Å². The van der Waals surface area contributed by atoms with Crippen molar-refractivity contribution in [1.29, 1.82) is 0 Å². The molecule has 1 N–H and O–H groups in total. The molecule has 3 heterocycles. The number of ether oxygens (including phenoxy) is 1. The van der Waals surface area contributed by atoms with Crippen molar-refractivity contribution >= 4 is 5.91 Å². The number of nitrogens with zero attached hydrogens (tertiary/aromatic N) is 2. The maximum Gasteiger partial charge on any atom is 0.270 e. The number of carbonyl (C=O) groups excluding carboxylic acids is 1. The van der Waals surface area contributed by atoms with Crippen molar-refractivity contribution in [2.75, 3.05) is 13.1 Å². The fourth-order valence-corrected chi connectivity index (χ4v) is 2.94. The molecule has 116 valence electrons. The number of carbonyl (C=O) groups is 1. The van der Waals surface area contributed by atoms with Crippen molar-refractivity contribution in [3.63, 3.8) is 0 Å². The van der Waals surface area contributed by atoms with Gasteiger partial charge in [0, 0.05) is 30.4 Å². The molecule has 0 aromatic carbocycles. The molecule has 1 aliphatic rings. The van der Waals surface area contributed by atoms with E-state index >= 15 is 0 Å². The number of hydrogen-bond donors (Lipinski definition) is 1. The predicted molar refractivity (Wildman–Crippen MR) is 84.9 cm³/mol. The Kier molecular flexibility index (Phi) is 3.43. The lowest BCUT2D eigenvalue weighted by Crippen LogP contribution is -2.30. The summed E-state index contributed by atoms with van der Waals surface area (Å²) in [4.78, 5) is 21.8. The molecule has 0 radical (unpaired) electrons. The number of aromatic nitrogens is 2. The second-order valence-electron chi connectivity index (χ2n) is 5.93. The predicted octanol–water partition coefficient (Wildman–Crippen LogP) is 3.19. The smallest absolute Gasteiger partial charge is 0.270 e. The molecule has 0 spiro atoms. The van der Waals surface area contributed by atoms with Crippen molar-refractivity contribution in [2.24, 2.45) is 0 Å². The largest absolute Gasteiger partial charge is 0.481 e. The first-order valence-corrected chi connectivity index (χ1v) is 7.64. The molecule has 1 aliphatic heterocycles. The van der Waals surface area contributed by atoms with Crippen LogP contribution in [0.3, 0.4) is 0 Å². The maximum absolute atomic E-state index is 12.6. The molecule has 0 aliphatic carbocycles. The minimum atomic E-state index is -0.496. The number of aromatic amines is 1. The van der Waals surface area contributed by atoms with E-state index in [0.717, 1.165) is 22.6 Å². The Balaban J connectivity index is 2.11. The molecule has 0 atom stereocenters. The third-order valence-corrected chi connectivity index (χ3v) is 4.17. The third-order valence-electron chi connectivity index (χ3n) is 4.17. The van der Waals surface area contributed by atoms with Gasteiger partial charge in [0.05, 0.1) is 11.9 Å². The lowest BCUT2D eigenvalue weighted by molar-refractivity contribution is 0.0767. The Hall–Kier alpha value is -2.30. The minimum Gasteiger partial charge on any atom is -0.481 e. The number of fused-ring (bicyclic) bond motifs is 3. The summed E-state index contributed by atoms with van der Waals surface area (Å²) in [6, 6.07) is 3.82. The quantitative estimate of drug-likeness (QED) is 0.947. The van der Waals surface area contributed by atoms with Crippen molar-refractivity contribution in [2.45, 2.75) is 33.3 Å². The average Bonchev–Trinajstić information content (AvgIpc) is 2.94. The van der Waals surface area contributed by atoms with E-state index < -0.39 is 5.60 Å². The van der Waals surface area contributed by atoms with Crippen LogP contribution < -0.4 is 4.74 Å². The highest BCUT2D eigenvalue weighted by Gasteiger charge is 2.35. The molecular weight excluding hydrogens is 278 g/mol. The Morgan fingerprint density at radius 3 is 2.77 bits per heavy atom. The Morgan fingerprint density at radius 2 is 2.09 bits per heavy atom. The van der Waals surface area contributed by atoms with Crippen molar-refractivity contribution in [3.8, 4) is 17.0 Å². The highest BCUT2D eigenvalue weighted by Crippen LogP contribution is 2.44. The van der Waals surface area contributed by atoms with E-state index in [1.165, 1.54) is 0 Å². The van der Waals surface area contributed by atoms with Crippen molar-refractivity contribution in [1.82, 2.24) is 14.9 Å². The van der Waals surface area contributed by atoms with Crippen LogP contribution >= 0.6 is 0 Å². The summed E-state index contributed by atoms with van der Waals surface area (Å²) in [6.45, 7) is 9.36. The van der Waals surface area contributed by atoms with Gasteiger partial charge in [0.1, 0.15) is 17.0 Å². The summed E-state index contributed by atoms with van der Waals surface area (Å²) in [5.74, 6) is 0.759. The maximum atomic E-state index is 12.6. The molecule has 2 aromatic heterocycles. The van der Waals surface area contributed by atoms with Crippen LogP contribution in [-0.4, -0.2) is 33.9 Å². The molecule has 0 fully saturated rings. The first kappa shape index (κ1) is 14.6. The van der Waals surface area contributed by atoms with Crippen LogP contribution in [-0.2, 0) is 5.60 Å². The first-order chi connectivity index (χ1) is 10.5. The summed E-state index contributed by atoms with van der Waals surface area (Å²) < 4.78 is 6.04. The number of hydrogen-bond acceptors (Lipinski definition) is 3. The van der Waals surface area contributed by atoms with Gasteiger partial charge < -0.3 is 14.6 Å². The van der Waals surface area contributed by atoms with Gasteiger partial charge in [0.25, 0.3) is 5.91 Å². The topological polar surface area (TPSA) is 58.2 Å². The van der Waals surface area contributed by atoms with Gasteiger partial charge in [-0.05, 0) is 39.8 Å². The zero-order valence-electron chi connectivity index (χ0n) is 13.4. The van der Waals surface area contributed by atoms with Gasteiger partial charge in [0.15, 0.2) is 0 Å². The Morgan fingerprint density at radius 1 is 1.36 bits per heavy atom. The second kappa shape index (κ2) is 5.16. The van der Waals surface area contributed by atoms with Crippen molar-refractivity contribution in [3.05, 3.63) is 35.8 Å². The Labute approximate surface area is 130 Å². The van der Waals surface area contributed by atoms with Crippen LogP contribution in [0.25, 0.3) is 11.3 Å². The van der Waals surface area contributed by atoms with E-state index in [-0.39, 0.29) is 5.91 Å². The van der Waals surface area contributed by atoms with E-state index in [1.807, 2.05) is 39.8 Å². The number of amides is 1. The number of H-pyrrole nitrogens is 1. The van der Waals surface area contributed by atoms with Gasteiger partial charge in [-0.25, -0.2) is 0 Å². The molecule has 2 aromatic rings. The molecule has 3 rings (SSSR count). The van der Waals surface area contributed by atoms with E-state index in [2.05, 4.69) is 9.97 Å². The summed E-state index contributed by atoms with van der Waals surface area (Å²) in [6.07, 6.45) is 3.45. The van der Waals surface area contributed by atoms with Crippen LogP contribution in [0.5, 0.6) is 5.75 Å². The molecular formula is C17H21N3O2. The first-order valence-electron chi connectivity index (χ1n) is 7.64. The molecule has 0 saturated carbocycles. The van der Waals surface area contributed by atoms with Gasteiger partial charge in [0.2, 0.25) is 0 Å². The molecule has 5 nitrogen and oxygen atoms in total. The van der Waals surface area contributed by atoms with Crippen LogP contribution in [0.1, 0.15) is 43.7 Å². The third kappa shape index (κ3) is 2.17. The fourth-order valence-electron chi connectivity index (χ4n) is 2.94. The molecule has 5 heteroatoms. The normalized spacial score (nSPS) is 14.7. The van der Waals surface area contributed by atoms with Crippen LogP contribution in [0.2, 0.25) is 0 Å². The lowest BCUT2D eigenvalue weighted by atomic mass is 9.92. The standard InChI is InChI=1S/C17H21N3O2/c1-5-20(6-2)16(21)13-9-12-15(19-13)11-7-8-18-10-14(11)22-17(12,3)4/h7-10,19H,5-6H2,1-4H3. The minimum absolute atomic E-state index is 0.0193. The summed E-state index contributed by atoms with van der Waals surface area (Å²) >= 11 is 0. The number of nitrogens with one attached hydrogen (secondary N) is 1. The lowest BCUT2D eigenvalue weighted by Gasteiger charge is -2.32. The highest BCUT2D eigenvalue weighted by molar-refractivity contribution is 5.94. The molecule has 1 amide bonds.